The number of benzene rings is 2. The molecular weight excluding hydrogens is 466 g/mol. The highest BCUT2D eigenvalue weighted by atomic mass is 79.9. The molecule has 0 aliphatic heterocycles. The molecule has 0 heterocycles. The molecule has 0 radical (unpaired) electrons. The first kappa shape index (κ1) is 21.4. The normalized spacial score (nSPS) is 31.2. The summed E-state index contributed by atoms with van der Waals surface area (Å²) in [6, 6.07) is 15.8. The van der Waals surface area contributed by atoms with Gasteiger partial charge in [-0.05, 0) is 71.8 Å². The minimum Gasteiger partial charge on any atom is -0.369 e. The van der Waals surface area contributed by atoms with Crippen LogP contribution < -0.4 is 17.2 Å². The van der Waals surface area contributed by atoms with Crippen LogP contribution in [0.3, 0.4) is 0 Å². The standard InChI is InChI=1S/C26H28BrN3O2/c27-19-6-4-16(5-7-19)13-25(22(29)31)20-8-9-21(24(20)10-11-24)26(25,23(30)32)14-17-2-1-3-18(12-17)15-28/h1-9,12,20-21H,10-11,13-15,28H2,(H2,29,31)(H2,30,32)/t20-,21+,25-,26-/m0/s1. The zero-order valence-electron chi connectivity index (χ0n) is 17.9. The molecule has 6 heteroatoms. The van der Waals surface area contributed by atoms with Gasteiger partial charge in [0.2, 0.25) is 11.8 Å². The summed E-state index contributed by atoms with van der Waals surface area (Å²) in [6.07, 6.45) is 7.02. The smallest absolute Gasteiger partial charge is 0.225 e. The highest BCUT2D eigenvalue weighted by molar-refractivity contribution is 9.10. The van der Waals surface area contributed by atoms with Crippen molar-refractivity contribution in [3.63, 3.8) is 0 Å². The molecule has 1 spiro atoms. The van der Waals surface area contributed by atoms with E-state index in [1.54, 1.807) is 0 Å². The number of carbonyl (C=O) groups is 2. The fourth-order valence-corrected chi connectivity index (χ4v) is 7.26. The van der Waals surface area contributed by atoms with Crippen molar-refractivity contribution in [3.05, 3.63) is 81.8 Å². The van der Waals surface area contributed by atoms with Crippen molar-refractivity contribution < 1.29 is 9.59 Å². The Morgan fingerprint density at radius 3 is 1.88 bits per heavy atom. The van der Waals surface area contributed by atoms with E-state index in [0.717, 1.165) is 34.0 Å². The average molecular weight is 494 g/mol. The zero-order chi connectivity index (χ0) is 22.7. The molecule has 2 aromatic carbocycles. The Bertz CT molecular complexity index is 1120. The Labute approximate surface area is 196 Å². The quantitative estimate of drug-likeness (QED) is 0.514. The minimum atomic E-state index is -1.09. The van der Waals surface area contributed by atoms with Crippen LogP contribution in [0, 0.1) is 28.1 Å². The fraction of sp³-hybridized carbons (Fsp3) is 0.385. The van der Waals surface area contributed by atoms with Crippen molar-refractivity contribution in [1.29, 1.82) is 0 Å². The number of rotatable bonds is 7. The van der Waals surface area contributed by atoms with Gasteiger partial charge in [0.1, 0.15) is 0 Å². The zero-order valence-corrected chi connectivity index (χ0v) is 19.5. The molecular formula is C26H28BrN3O2. The average Bonchev–Trinajstić information content (AvgIpc) is 3.44. The molecule has 2 saturated carbocycles. The Morgan fingerprint density at radius 1 is 0.844 bits per heavy atom. The van der Waals surface area contributed by atoms with Gasteiger partial charge in [0.25, 0.3) is 0 Å². The summed E-state index contributed by atoms with van der Waals surface area (Å²) < 4.78 is 0.959. The maximum Gasteiger partial charge on any atom is 0.225 e. The van der Waals surface area contributed by atoms with Crippen LogP contribution in [0.2, 0.25) is 0 Å². The van der Waals surface area contributed by atoms with Gasteiger partial charge in [0, 0.05) is 11.0 Å². The molecule has 32 heavy (non-hydrogen) atoms. The molecule has 2 amide bonds. The summed E-state index contributed by atoms with van der Waals surface area (Å²) in [5, 5.41) is 0. The number of primary amides is 2. The first-order chi connectivity index (χ1) is 15.3. The van der Waals surface area contributed by atoms with Crippen molar-refractivity contribution in [1.82, 2.24) is 0 Å². The van der Waals surface area contributed by atoms with E-state index in [-0.39, 0.29) is 17.3 Å². The Hall–Kier alpha value is -2.44. The summed E-state index contributed by atoms with van der Waals surface area (Å²) in [5.74, 6) is -1.06. The second kappa shape index (κ2) is 7.29. The predicted molar refractivity (Wildman–Crippen MR) is 127 cm³/mol. The molecule has 5 rings (SSSR count). The number of carbonyl (C=O) groups excluding carboxylic acids is 2. The van der Waals surface area contributed by atoms with Crippen molar-refractivity contribution in [2.45, 2.75) is 32.2 Å². The van der Waals surface area contributed by atoms with Crippen LogP contribution in [-0.2, 0) is 29.0 Å². The SMILES string of the molecule is NCc1cccc(C[C@@]2(C(N)=O)[C@@H]3C=C[C@@H](C34CC4)[C@@]2(Cc2ccc(Br)cc2)C(N)=O)c1. The van der Waals surface area contributed by atoms with Crippen LogP contribution in [0.15, 0.2) is 65.2 Å². The highest BCUT2D eigenvalue weighted by Gasteiger charge is 2.82. The van der Waals surface area contributed by atoms with Gasteiger partial charge in [0.15, 0.2) is 0 Å². The fourth-order valence-electron chi connectivity index (χ4n) is 7.00. The number of nitrogens with two attached hydrogens (primary N) is 3. The minimum absolute atomic E-state index is 0.0914. The summed E-state index contributed by atoms with van der Waals surface area (Å²) in [6.45, 7) is 0.410. The highest BCUT2D eigenvalue weighted by Crippen LogP contribution is 2.80. The van der Waals surface area contributed by atoms with E-state index >= 15 is 0 Å². The molecule has 0 aromatic heterocycles. The van der Waals surface area contributed by atoms with E-state index in [1.165, 1.54) is 0 Å². The number of hydrogen-bond acceptors (Lipinski definition) is 3. The van der Waals surface area contributed by atoms with Gasteiger partial charge in [-0.3, -0.25) is 9.59 Å². The number of allylic oxidation sites excluding steroid dienone is 2. The molecule has 0 saturated heterocycles. The second-order valence-corrected chi connectivity index (χ2v) is 10.7. The van der Waals surface area contributed by atoms with Crippen molar-refractivity contribution in [2.24, 2.45) is 45.3 Å². The van der Waals surface area contributed by atoms with Crippen molar-refractivity contribution in [3.8, 4) is 0 Å². The molecule has 2 aromatic rings. The van der Waals surface area contributed by atoms with E-state index in [9.17, 15) is 9.59 Å². The van der Waals surface area contributed by atoms with Crippen molar-refractivity contribution >= 4 is 27.7 Å². The van der Waals surface area contributed by atoms with Crippen LogP contribution in [0.25, 0.3) is 0 Å². The first-order valence-corrected chi connectivity index (χ1v) is 11.9. The molecule has 166 valence electrons. The maximum atomic E-state index is 13.5. The van der Waals surface area contributed by atoms with E-state index in [4.69, 9.17) is 17.2 Å². The lowest BCUT2D eigenvalue weighted by atomic mass is 9.52. The lowest BCUT2D eigenvalue weighted by Gasteiger charge is -2.48. The van der Waals surface area contributed by atoms with Gasteiger partial charge in [-0.25, -0.2) is 0 Å². The van der Waals surface area contributed by atoms with Crippen molar-refractivity contribution in [2.75, 3.05) is 0 Å². The van der Waals surface area contributed by atoms with Gasteiger partial charge in [-0.2, -0.15) is 0 Å². The van der Waals surface area contributed by atoms with Crippen LogP contribution >= 0.6 is 15.9 Å². The maximum absolute atomic E-state index is 13.5. The summed E-state index contributed by atoms with van der Waals surface area (Å²) in [4.78, 5) is 27.0. The molecule has 0 unspecified atom stereocenters. The first-order valence-electron chi connectivity index (χ1n) is 11.1. The molecule has 4 atom stereocenters. The molecule has 3 aliphatic rings. The number of amides is 2. The Kier molecular flexibility index (Phi) is 4.88. The van der Waals surface area contributed by atoms with Crippen LogP contribution in [0.5, 0.6) is 0 Å². The van der Waals surface area contributed by atoms with Gasteiger partial charge in [-0.1, -0.05) is 64.5 Å². The third-order valence-electron chi connectivity index (χ3n) is 8.41. The molecule has 2 bridgehead atoms. The summed E-state index contributed by atoms with van der Waals surface area (Å²) in [7, 11) is 0. The van der Waals surface area contributed by atoms with E-state index < -0.39 is 22.6 Å². The van der Waals surface area contributed by atoms with Gasteiger partial charge in [-0.15, -0.1) is 0 Å². The lowest BCUT2D eigenvalue weighted by Crippen LogP contribution is -2.61. The molecule has 3 aliphatic carbocycles. The predicted octanol–water partition coefficient (Wildman–Crippen LogP) is 3.23. The van der Waals surface area contributed by atoms with Crippen LogP contribution in [-0.4, -0.2) is 11.8 Å². The lowest BCUT2D eigenvalue weighted by molar-refractivity contribution is -0.150. The monoisotopic (exact) mass is 493 g/mol. The topological polar surface area (TPSA) is 112 Å². The molecule has 5 nitrogen and oxygen atoms in total. The second-order valence-electron chi connectivity index (χ2n) is 9.75. The van der Waals surface area contributed by atoms with Crippen LogP contribution in [0.1, 0.15) is 29.5 Å². The number of hydrogen-bond donors (Lipinski definition) is 3. The van der Waals surface area contributed by atoms with E-state index in [1.807, 2.05) is 48.5 Å². The summed E-state index contributed by atoms with van der Waals surface area (Å²) in [5.41, 5.74) is 19.1. The van der Waals surface area contributed by atoms with Gasteiger partial charge in [0.05, 0.1) is 10.8 Å². The molecule has 2 fully saturated rings. The third-order valence-corrected chi connectivity index (χ3v) is 8.93. The largest absolute Gasteiger partial charge is 0.369 e. The van der Waals surface area contributed by atoms with Gasteiger partial charge < -0.3 is 17.2 Å². The summed E-state index contributed by atoms with van der Waals surface area (Å²) >= 11 is 3.48. The number of halogens is 1. The van der Waals surface area contributed by atoms with Gasteiger partial charge >= 0.3 is 0 Å². The van der Waals surface area contributed by atoms with E-state index in [2.05, 4.69) is 28.1 Å². The van der Waals surface area contributed by atoms with Crippen LogP contribution in [0.4, 0.5) is 0 Å². The Balaban J connectivity index is 1.71. The Morgan fingerprint density at radius 2 is 1.38 bits per heavy atom. The van der Waals surface area contributed by atoms with E-state index in [0.29, 0.717) is 19.4 Å². The molecule has 6 N–H and O–H groups in total. The third kappa shape index (κ3) is 2.72.